The maximum atomic E-state index is 12.5. The number of pyridine rings is 1. The molecule has 2 N–H and O–H groups in total. The van der Waals surface area contributed by atoms with Crippen molar-refractivity contribution in [2.45, 2.75) is 9.79 Å². The summed E-state index contributed by atoms with van der Waals surface area (Å²) in [5.41, 5.74) is 1.46. The van der Waals surface area contributed by atoms with E-state index in [0.29, 0.717) is 16.9 Å². The van der Waals surface area contributed by atoms with Crippen LogP contribution in [0.15, 0.2) is 82.8 Å². The van der Waals surface area contributed by atoms with Gasteiger partial charge in [-0.3, -0.25) is 14.5 Å². The molecular weight excluding hydrogens is 382 g/mol. The predicted octanol–water partition coefficient (Wildman–Crippen LogP) is 3.86. The van der Waals surface area contributed by atoms with Crippen LogP contribution in [0.4, 0.5) is 11.4 Å². The number of hydrogen-bond acceptors (Lipinski definition) is 5. The summed E-state index contributed by atoms with van der Waals surface area (Å²) in [6, 6.07) is 16.5. The Kier molecular flexibility index (Phi) is 5.78. The highest BCUT2D eigenvalue weighted by atomic mass is 32.2. The lowest BCUT2D eigenvalue weighted by atomic mass is 10.2. The van der Waals surface area contributed by atoms with Gasteiger partial charge in [0.1, 0.15) is 0 Å². The molecule has 0 unspecified atom stereocenters. The van der Waals surface area contributed by atoms with Crippen molar-refractivity contribution in [2.24, 2.45) is 0 Å². The van der Waals surface area contributed by atoms with Gasteiger partial charge in [-0.15, -0.1) is 11.8 Å². The average Bonchev–Trinajstić information content (AvgIpc) is 2.68. The number of nitrogens with zero attached hydrogens (tertiary/aromatic N) is 1. The second-order valence-electron chi connectivity index (χ2n) is 5.53. The molecule has 0 fully saturated rings. The highest BCUT2D eigenvalue weighted by Crippen LogP contribution is 2.22. The minimum absolute atomic E-state index is 0.0915. The summed E-state index contributed by atoms with van der Waals surface area (Å²) in [7, 11) is -3.73. The smallest absolute Gasteiger partial charge is 0.261 e. The molecular formula is C19H17N3O3S2. The fourth-order valence-electron chi connectivity index (χ4n) is 2.39. The number of nitrogens with one attached hydrogen (secondary N) is 2. The van der Waals surface area contributed by atoms with Crippen LogP contribution in [0.25, 0.3) is 0 Å². The normalized spacial score (nSPS) is 11.0. The van der Waals surface area contributed by atoms with E-state index >= 15 is 0 Å². The van der Waals surface area contributed by atoms with Gasteiger partial charge in [-0.2, -0.15) is 0 Å². The third kappa shape index (κ3) is 4.66. The lowest BCUT2D eigenvalue weighted by molar-refractivity contribution is 0.102. The topological polar surface area (TPSA) is 88.2 Å². The average molecular weight is 399 g/mol. The number of carbonyl (C=O) groups is 1. The summed E-state index contributed by atoms with van der Waals surface area (Å²) in [6.45, 7) is 0. The molecule has 0 aliphatic carbocycles. The quantitative estimate of drug-likeness (QED) is 0.615. The molecule has 0 aliphatic heterocycles. The lowest BCUT2D eigenvalue weighted by Gasteiger charge is -2.10. The first-order chi connectivity index (χ1) is 13.0. The molecule has 2 aromatic carbocycles. The van der Waals surface area contributed by atoms with Crippen LogP contribution in [0.5, 0.6) is 0 Å². The largest absolute Gasteiger partial charge is 0.322 e. The van der Waals surface area contributed by atoms with Crippen molar-refractivity contribution in [1.82, 2.24) is 4.98 Å². The van der Waals surface area contributed by atoms with Crippen molar-refractivity contribution < 1.29 is 13.2 Å². The first-order valence-corrected chi connectivity index (χ1v) is 10.7. The molecule has 138 valence electrons. The van der Waals surface area contributed by atoms with Gasteiger partial charge in [-0.1, -0.05) is 12.1 Å². The summed E-state index contributed by atoms with van der Waals surface area (Å²) in [4.78, 5) is 17.3. The van der Waals surface area contributed by atoms with Gasteiger partial charge < -0.3 is 5.32 Å². The van der Waals surface area contributed by atoms with Crippen LogP contribution in [-0.4, -0.2) is 25.6 Å². The molecule has 0 spiro atoms. The monoisotopic (exact) mass is 399 g/mol. The summed E-state index contributed by atoms with van der Waals surface area (Å²) < 4.78 is 27.3. The zero-order chi connectivity index (χ0) is 19.3. The number of rotatable bonds is 6. The van der Waals surface area contributed by atoms with Gasteiger partial charge in [0, 0.05) is 16.8 Å². The molecule has 0 aliphatic rings. The molecule has 3 rings (SSSR count). The number of amides is 1. The Labute approximate surface area is 162 Å². The first-order valence-electron chi connectivity index (χ1n) is 7.97. The van der Waals surface area contributed by atoms with E-state index in [1.54, 1.807) is 42.6 Å². The van der Waals surface area contributed by atoms with Crippen LogP contribution >= 0.6 is 11.8 Å². The second-order valence-corrected chi connectivity index (χ2v) is 8.06. The molecule has 1 aromatic heterocycles. The van der Waals surface area contributed by atoms with Gasteiger partial charge in [0.2, 0.25) is 0 Å². The number of aromatic nitrogens is 1. The Morgan fingerprint density at radius 3 is 2.37 bits per heavy atom. The molecule has 6 nitrogen and oxygen atoms in total. The zero-order valence-corrected chi connectivity index (χ0v) is 16.0. The van der Waals surface area contributed by atoms with Crippen molar-refractivity contribution in [1.29, 1.82) is 0 Å². The van der Waals surface area contributed by atoms with Crippen molar-refractivity contribution >= 4 is 39.1 Å². The summed E-state index contributed by atoms with van der Waals surface area (Å²) in [5.74, 6) is -0.246. The molecule has 0 radical (unpaired) electrons. The Hall–Kier alpha value is -2.84. The van der Waals surface area contributed by atoms with E-state index in [1.165, 1.54) is 30.1 Å². The summed E-state index contributed by atoms with van der Waals surface area (Å²) in [5, 5.41) is 2.78. The molecule has 1 heterocycles. The van der Waals surface area contributed by atoms with Gasteiger partial charge in [0.05, 0.1) is 22.3 Å². The first kappa shape index (κ1) is 18.9. The van der Waals surface area contributed by atoms with E-state index in [9.17, 15) is 13.2 Å². The molecule has 27 heavy (non-hydrogen) atoms. The van der Waals surface area contributed by atoms with E-state index in [1.807, 2.05) is 18.4 Å². The number of hydrogen-bond donors (Lipinski definition) is 2. The summed E-state index contributed by atoms with van der Waals surface area (Å²) in [6.07, 6.45) is 4.89. The second kappa shape index (κ2) is 8.24. The van der Waals surface area contributed by atoms with Gasteiger partial charge in [-0.25, -0.2) is 8.42 Å². The number of sulfonamides is 1. The van der Waals surface area contributed by atoms with Crippen LogP contribution in [0, 0.1) is 0 Å². The van der Waals surface area contributed by atoms with Crippen LogP contribution in [0.2, 0.25) is 0 Å². The Balaban J connectivity index is 1.74. The van der Waals surface area contributed by atoms with Gasteiger partial charge in [0.15, 0.2) is 0 Å². The van der Waals surface area contributed by atoms with Crippen molar-refractivity contribution in [2.75, 3.05) is 16.3 Å². The fraction of sp³-hybridized carbons (Fsp3) is 0.0526. The van der Waals surface area contributed by atoms with Gasteiger partial charge >= 0.3 is 0 Å². The minimum atomic E-state index is -3.73. The highest BCUT2D eigenvalue weighted by Gasteiger charge is 2.15. The maximum absolute atomic E-state index is 12.5. The SMILES string of the molecule is CSc1ccccc1C(=O)Nc1ccc(S(=O)(=O)Nc2cccnc2)cc1. The predicted molar refractivity (Wildman–Crippen MR) is 108 cm³/mol. The van der Waals surface area contributed by atoms with Crippen LogP contribution in [-0.2, 0) is 10.0 Å². The molecule has 0 saturated heterocycles. The van der Waals surface area contributed by atoms with Crippen molar-refractivity contribution in [3.63, 3.8) is 0 Å². The number of carbonyl (C=O) groups excluding carboxylic acids is 1. The molecule has 0 atom stereocenters. The lowest BCUT2D eigenvalue weighted by Crippen LogP contribution is -2.14. The highest BCUT2D eigenvalue weighted by molar-refractivity contribution is 7.98. The van der Waals surface area contributed by atoms with Gasteiger partial charge in [0.25, 0.3) is 15.9 Å². The zero-order valence-electron chi connectivity index (χ0n) is 14.4. The summed E-state index contributed by atoms with van der Waals surface area (Å²) >= 11 is 1.49. The Bertz CT molecular complexity index is 1040. The molecule has 3 aromatic rings. The molecule has 1 amide bonds. The van der Waals surface area contributed by atoms with E-state index in [0.717, 1.165) is 4.90 Å². The van der Waals surface area contributed by atoms with Crippen LogP contribution < -0.4 is 10.0 Å². The molecule has 0 bridgehead atoms. The van der Waals surface area contributed by atoms with E-state index in [2.05, 4.69) is 15.0 Å². The Morgan fingerprint density at radius 1 is 0.963 bits per heavy atom. The number of benzene rings is 2. The van der Waals surface area contributed by atoms with E-state index in [-0.39, 0.29) is 10.8 Å². The standard InChI is InChI=1S/C19H17N3O3S2/c1-26-18-7-3-2-6-17(18)19(23)21-14-8-10-16(11-9-14)27(24,25)22-15-5-4-12-20-13-15/h2-13,22H,1H3,(H,21,23). The minimum Gasteiger partial charge on any atom is -0.322 e. The Morgan fingerprint density at radius 2 is 1.70 bits per heavy atom. The molecule has 8 heteroatoms. The van der Waals surface area contributed by atoms with E-state index in [4.69, 9.17) is 0 Å². The maximum Gasteiger partial charge on any atom is 0.261 e. The van der Waals surface area contributed by atoms with Crippen LogP contribution in [0.1, 0.15) is 10.4 Å². The molecule has 0 saturated carbocycles. The fourth-order valence-corrected chi connectivity index (χ4v) is 4.02. The number of thioether (sulfide) groups is 1. The number of anilines is 2. The third-order valence-corrected chi connectivity index (χ3v) is 5.88. The van der Waals surface area contributed by atoms with Crippen molar-refractivity contribution in [3.8, 4) is 0 Å². The van der Waals surface area contributed by atoms with Crippen molar-refractivity contribution in [3.05, 3.63) is 78.6 Å². The van der Waals surface area contributed by atoms with Gasteiger partial charge in [-0.05, 0) is 54.8 Å². The van der Waals surface area contributed by atoms with E-state index < -0.39 is 10.0 Å². The third-order valence-electron chi connectivity index (χ3n) is 3.69. The van der Waals surface area contributed by atoms with Crippen LogP contribution in [0.3, 0.4) is 0 Å².